The Morgan fingerprint density at radius 3 is 2.80 bits per heavy atom. The summed E-state index contributed by atoms with van der Waals surface area (Å²) in [4.78, 5) is 7.44. The molecule has 1 unspecified atom stereocenters. The van der Waals surface area contributed by atoms with Gasteiger partial charge < -0.3 is 5.32 Å². The lowest BCUT2D eigenvalue weighted by molar-refractivity contribution is 0.592. The summed E-state index contributed by atoms with van der Waals surface area (Å²) in [5.41, 5.74) is 0.729. The van der Waals surface area contributed by atoms with Crippen LogP contribution in [0.1, 0.15) is 18.7 Å². The van der Waals surface area contributed by atoms with Gasteiger partial charge in [0.1, 0.15) is 10.7 Å². The minimum atomic E-state index is -3.88. The highest BCUT2D eigenvalue weighted by atomic mass is 32.2. The Labute approximate surface area is 120 Å². The Hall–Kier alpha value is -1.58. The molecule has 0 bridgehead atoms. The third kappa shape index (κ3) is 3.30. The Morgan fingerprint density at radius 1 is 1.40 bits per heavy atom. The van der Waals surface area contributed by atoms with Crippen LogP contribution in [0, 0.1) is 5.82 Å². The van der Waals surface area contributed by atoms with Crippen LogP contribution in [-0.4, -0.2) is 25.4 Å². The second kappa shape index (κ2) is 5.81. The molecule has 1 atom stereocenters. The van der Waals surface area contributed by atoms with Gasteiger partial charge in [-0.2, -0.15) is 0 Å². The number of rotatable bonds is 5. The molecule has 0 aliphatic heterocycles. The summed E-state index contributed by atoms with van der Waals surface area (Å²) in [6.07, 6.45) is 2.02. The molecule has 6 nitrogen and oxygen atoms in total. The summed E-state index contributed by atoms with van der Waals surface area (Å²) in [6.45, 7) is 1.91. The third-order valence-electron chi connectivity index (χ3n) is 2.61. The molecule has 9 heteroatoms. The number of pyridine rings is 1. The van der Waals surface area contributed by atoms with E-state index in [0.717, 1.165) is 35.5 Å². The van der Waals surface area contributed by atoms with Gasteiger partial charge >= 0.3 is 0 Å². The molecule has 0 aliphatic carbocycles. The van der Waals surface area contributed by atoms with Gasteiger partial charge in [-0.1, -0.05) is 0 Å². The molecule has 20 heavy (non-hydrogen) atoms. The number of sulfonamides is 1. The van der Waals surface area contributed by atoms with Crippen molar-refractivity contribution in [3.63, 3.8) is 0 Å². The highest BCUT2D eigenvalue weighted by Crippen LogP contribution is 2.23. The van der Waals surface area contributed by atoms with E-state index in [-0.39, 0.29) is 16.1 Å². The monoisotopic (exact) mass is 316 g/mol. The van der Waals surface area contributed by atoms with Gasteiger partial charge in [0.15, 0.2) is 5.13 Å². The lowest BCUT2D eigenvalue weighted by Gasteiger charge is -2.06. The molecule has 0 saturated heterocycles. The van der Waals surface area contributed by atoms with Crippen molar-refractivity contribution in [3.8, 4) is 0 Å². The number of hydrogen-bond donors (Lipinski definition) is 2. The van der Waals surface area contributed by atoms with Crippen LogP contribution in [0.15, 0.2) is 28.7 Å². The van der Waals surface area contributed by atoms with Crippen LogP contribution in [0.3, 0.4) is 0 Å². The van der Waals surface area contributed by atoms with Crippen LogP contribution in [0.2, 0.25) is 0 Å². The second-order valence-corrected chi connectivity index (χ2v) is 6.57. The molecule has 0 saturated carbocycles. The number of aromatic nitrogens is 2. The van der Waals surface area contributed by atoms with Gasteiger partial charge in [-0.25, -0.2) is 17.8 Å². The van der Waals surface area contributed by atoms with Gasteiger partial charge in [-0.05, 0) is 20.0 Å². The second-order valence-electron chi connectivity index (χ2n) is 4.03. The van der Waals surface area contributed by atoms with Crippen LogP contribution >= 0.6 is 11.3 Å². The highest BCUT2D eigenvalue weighted by Gasteiger charge is 2.18. The maximum Gasteiger partial charge on any atom is 0.265 e. The number of anilines is 1. The molecule has 2 aromatic rings. The number of nitrogens with one attached hydrogen (secondary N) is 2. The highest BCUT2D eigenvalue weighted by molar-refractivity contribution is 7.93. The summed E-state index contributed by atoms with van der Waals surface area (Å²) in [5, 5.41) is 4.98. The minimum absolute atomic E-state index is 0.0142. The van der Waals surface area contributed by atoms with Crippen LogP contribution in [0.25, 0.3) is 0 Å². The fraction of sp³-hybridized carbons (Fsp3) is 0.273. The molecule has 108 valence electrons. The Kier molecular flexibility index (Phi) is 4.31. The van der Waals surface area contributed by atoms with E-state index in [9.17, 15) is 12.8 Å². The molecule has 2 N–H and O–H groups in total. The van der Waals surface area contributed by atoms with Crippen LogP contribution in [-0.2, 0) is 10.0 Å². The zero-order chi connectivity index (χ0) is 14.8. The first-order valence-corrected chi connectivity index (χ1v) is 8.04. The molecule has 0 spiro atoms. The summed E-state index contributed by atoms with van der Waals surface area (Å²) >= 11 is 1.16. The Balaban J connectivity index is 2.22. The lowest BCUT2D eigenvalue weighted by Crippen LogP contribution is -2.15. The van der Waals surface area contributed by atoms with Gasteiger partial charge in [0.25, 0.3) is 10.0 Å². The summed E-state index contributed by atoms with van der Waals surface area (Å²) in [6, 6.07) is 0.917. The first kappa shape index (κ1) is 14.8. The largest absolute Gasteiger partial charge is 0.312 e. The van der Waals surface area contributed by atoms with Gasteiger partial charge in [0.05, 0.1) is 11.9 Å². The number of thiazole rings is 1. The molecule has 2 heterocycles. The number of nitrogens with zero attached hydrogens (tertiary/aromatic N) is 2. The molecule has 0 aliphatic rings. The van der Waals surface area contributed by atoms with E-state index in [4.69, 9.17) is 0 Å². The molecule has 0 aromatic carbocycles. The van der Waals surface area contributed by atoms with E-state index in [1.54, 1.807) is 12.4 Å². The van der Waals surface area contributed by atoms with E-state index < -0.39 is 15.8 Å². The van der Waals surface area contributed by atoms with Crippen molar-refractivity contribution < 1.29 is 12.8 Å². The van der Waals surface area contributed by atoms with Crippen molar-refractivity contribution in [1.82, 2.24) is 15.3 Å². The van der Waals surface area contributed by atoms with E-state index in [0.29, 0.717) is 0 Å². The van der Waals surface area contributed by atoms with Crippen LogP contribution in [0.4, 0.5) is 9.52 Å². The first-order chi connectivity index (χ1) is 9.42. The fourth-order valence-electron chi connectivity index (χ4n) is 1.39. The van der Waals surface area contributed by atoms with Crippen molar-refractivity contribution in [3.05, 3.63) is 35.4 Å². The fourth-order valence-corrected chi connectivity index (χ4v) is 3.42. The average molecular weight is 316 g/mol. The van der Waals surface area contributed by atoms with Gasteiger partial charge in [0, 0.05) is 17.6 Å². The number of halogens is 1. The summed E-state index contributed by atoms with van der Waals surface area (Å²) < 4.78 is 39.4. The maximum absolute atomic E-state index is 13.0. The minimum Gasteiger partial charge on any atom is -0.312 e. The van der Waals surface area contributed by atoms with E-state index in [2.05, 4.69) is 20.0 Å². The first-order valence-electron chi connectivity index (χ1n) is 5.68. The molecule has 2 aromatic heterocycles. The SMILES string of the molecule is CNC(C)c1csc(NS(=O)(=O)c2cncc(F)c2)n1. The van der Waals surface area contributed by atoms with Crippen molar-refractivity contribution in [1.29, 1.82) is 0 Å². The quantitative estimate of drug-likeness (QED) is 0.878. The zero-order valence-electron chi connectivity index (χ0n) is 10.8. The normalized spacial score (nSPS) is 13.2. The topological polar surface area (TPSA) is 84.0 Å². The number of hydrogen-bond acceptors (Lipinski definition) is 6. The van der Waals surface area contributed by atoms with Crippen molar-refractivity contribution in [2.75, 3.05) is 11.8 Å². The molecular formula is C11H13FN4O2S2. The Bertz CT molecular complexity index is 702. The van der Waals surface area contributed by atoms with Gasteiger partial charge in [-0.3, -0.25) is 9.71 Å². The maximum atomic E-state index is 13.0. The molecule has 2 rings (SSSR count). The van der Waals surface area contributed by atoms with E-state index in [1.807, 2.05) is 6.92 Å². The predicted octanol–water partition coefficient (Wildman–Crippen LogP) is 1.76. The van der Waals surface area contributed by atoms with Crippen LogP contribution < -0.4 is 10.0 Å². The van der Waals surface area contributed by atoms with Crippen LogP contribution in [0.5, 0.6) is 0 Å². The molecule has 0 amide bonds. The van der Waals surface area contributed by atoms with E-state index >= 15 is 0 Å². The van der Waals surface area contributed by atoms with Crippen molar-refractivity contribution >= 4 is 26.5 Å². The standard InChI is InChI=1S/C11H13FN4O2S2/c1-7(13-2)10-6-19-11(15-10)16-20(17,18)9-3-8(12)4-14-5-9/h3-7,13H,1-2H3,(H,15,16). The van der Waals surface area contributed by atoms with E-state index in [1.165, 1.54) is 0 Å². The molecular weight excluding hydrogens is 303 g/mol. The summed E-state index contributed by atoms with van der Waals surface area (Å²) in [7, 11) is -2.10. The predicted molar refractivity (Wildman–Crippen MR) is 74.6 cm³/mol. The lowest BCUT2D eigenvalue weighted by atomic mass is 10.3. The Morgan fingerprint density at radius 2 is 2.15 bits per heavy atom. The van der Waals surface area contributed by atoms with Crippen molar-refractivity contribution in [2.45, 2.75) is 17.9 Å². The van der Waals surface area contributed by atoms with Crippen molar-refractivity contribution in [2.24, 2.45) is 0 Å². The zero-order valence-corrected chi connectivity index (χ0v) is 12.4. The van der Waals surface area contributed by atoms with Gasteiger partial charge in [-0.15, -0.1) is 11.3 Å². The van der Waals surface area contributed by atoms with Gasteiger partial charge in [0.2, 0.25) is 0 Å². The smallest absolute Gasteiger partial charge is 0.265 e. The molecule has 0 radical (unpaired) electrons. The summed E-state index contributed by atoms with van der Waals surface area (Å²) in [5.74, 6) is -0.712. The third-order valence-corrected chi connectivity index (χ3v) is 4.82. The molecule has 0 fully saturated rings. The average Bonchev–Trinajstić information content (AvgIpc) is 2.85.